The highest BCUT2D eigenvalue weighted by Crippen LogP contribution is 2.44. The molecule has 1 aromatic heterocycles. The molecular formula is C21H26ClN5O. The molecule has 6 nitrogen and oxygen atoms in total. The number of piperidine rings is 1. The molecule has 0 radical (unpaired) electrons. The molecule has 148 valence electrons. The normalized spacial score (nSPS) is 20.9. The van der Waals surface area contributed by atoms with Gasteiger partial charge < -0.3 is 15.1 Å². The molecule has 1 fully saturated rings. The highest BCUT2D eigenvalue weighted by molar-refractivity contribution is 6.31. The number of benzene rings is 1. The number of aromatic nitrogens is 2. The van der Waals surface area contributed by atoms with Gasteiger partial charge in [-0.15, -0.1) is 0 Å². The Kier molecular flexibility index (Phi) is 4.91. The zero-order valence-electron chi connectivity index (χ0n) is 16.6. The maximum atomic E-state index is 13.3. The first-order valence-corrected chi connectivity index (χ1v) is 10.1. The van der Waals surface area contributed by atoms with E-state index in [1.807, 2.05) is 43.2 Å². The third-order valence-corrected chi connectivity index (χ3v) is 6.21. The Bertz CT molecular complexity index is 912. The van der Waals surface area contributed by atoms with Crippen molar-refractivity contribution < 1.29 is 4.79 Å². The van der Waals surface area contributed by atoms with Gasteiger partial charge >= 0.3 is 0 Å². The van der Waals surface area contributed by atoms with Crippen LogP contribution >= 0.6 is 11.6 Å². The summed E-state index contributed by atoms with van der Waals surface area (Å²) in [5.41, 5.74) is 3.71. The number of hydrogen-bond donors (Lipinski definition) is 1. The maximum Gasteiger partial charge on any atom is 0.256 e. The summed E-state index contributed by atoms with van der Waals surface area (Å²) in [6, 6.07) is 5.41. The number of nitrogens with zero attached hydrogens (tertiary/aromatic N) is 4. The summed E-state index contributed by atoms with van der Waals surface area (Å²) in [6.07, 6.45) is 5.99. The van der Waals surface area contributed by atoms with Gasteiger partial charge in [0.1, 0.15) is 0 Å². The smallest absolute Gasteiger partial charge is 0.256 e. The van der Waals surface area contributed by atoms with Crippen LogP contribution in [0.15, 0.2) is 24.4 Å². The Morgan fingerprint density at radius 2 is 2.14 bits per heavy atom. The largest absolute Gasteiger partial charge is 0.387 e. The number of aryl methyl sites for hydroxylation is 1. The first kappa shape index (κ1) is 19.0. The lowest BCUT2D eigenvalue weighted by Gasteiger charge is -2.40. The number of anilines is 2. The Hall–Kier alpha value is -2.34. The van der Waals surface area contributed by atoms with Gasteiger partial charge in [0.15, 0.2) is 0 Å². The van der Waals surface area contributed by atoms with Crippen molar-refractivity contribution in [3.8, 4) is 0 Å². The minimum atomic E-state index is -0.0741. The number of fused-ring (bicyclic) bond motifs is 2. The van der Waals surface area contributed by atoms with Crippen LogP contribution in [0, 0.1) is 0 Å². The number of halogens is 1. The molecule has 28 heavy (non-hydrogen) atoms. The van der Waals surface area contributed by atoms with Gasteiger partial charge in [-0.25, -0.2) is 9.97 Å². The summed E-state index contributed by atoms with van der Waals surface area (Å²) < 4.78 is 0. The van der Waals surface area contributed by atoms with E-state index in [-0.39, 0.29) is 11.3 Å². The van der Waals surface area contributed by atoms with Crippen molar-refractivity contribution in [3.05, 3.63) is 46.2 Å². The second-order valence-electron chi connectivity index (χ2n) is 7.99. The van der Waals surface area contributed by atoms with Crippen LogP contribution in [-0.2, 0) is 11.8 Å². The molecule has 1 N–H and O–H groups in total. The molecule has 1 aliphatic heterocycles. The number of hydrogen-bond acceptors (Lipinski definition) is 5. The average molecular weight is 400 g/mol. The molecule has 1 aliphatic carbocycles. The quantitative estimate of drug-likeness (QED) is 0.857. The van der Waals surface area contributed by atoms with Crippen LogP contribution in [0.3, 0.4) is 0 Å². The molecule has 1 spiro atoms. The van der Waals surface area contributed by atoms with Gasteiger partial charge in [0.2, 0.25) is 5.95 Å². The zero-order valence-corrected chi connectivity index (χ0v) is 17.4. The van der Waals surface area contributed by atoms with Crippen LogP contribution in [0.5, 0.6) is 0 Å². The van der Waals surface area contributed by atoms with Gasteiger partial charge in [0, 0.05) is 56.6 Å². The number of nitrogens with one attached hydrogen (secondary N) is 1. The van der Waals surface area contributed by atoms with Crippen molar-refractivity contribution in [2.75, 3.05) is 44.4 Å². The fraction of sp³-hybridized carbons (Fsp3) is 0.476. The molecule has 0 saturated carbocycles. The number of amides is 1. The summed E-state index contributed by atoms with van der Waals surface area (Å²) in [5, 5.41) is 3.68. The number of rotatable bonds is 3. The Morgan fingerprint density at radius 1 is 1.32 bits per heavy atom. The second kappa shape index (κ2) is 7.24. The summed E-state index contributed by atoms with van der Waals surface area (Å²) >= 11 is 6.17. The SMILES string of the molecule is CNc1ccc(Cl)cc1C(=O)N1CCCC2(CCc3cnc(N(C)C)nc32)C1. The van der Waals surface area contributed by atoms with E-state index >= 15 is 0 Å². The molecule has 1 amide bonds. The Balaban J connectivity index is 1.66. The van der Waals surface area contributed by atoms with Crippen molar-refractivity contribution in [2.24, 2.45) is 0 Å². The molecule has 7 heteroatoms. The van der Waals surface area contributed by atoms with E-state index in [1.54, 1.807) is 12.1 Å². The zero-order chi connectivity index (χ0) is 19.9. The van der Waals surface area contributed by atoms with Crippen LogP contribution in [0.2, 0.25) is 5.02 Å². The minimum absolute atomic E-state index is 0.0289. The molecule has 2 aliphatic rings. The first-order valence-electron chi connectivity index (χ1n) is 9.74. The minimum Gasteiger partial charge on any atom is -0.387 e. The Labute approximate surface area is 170 Å². The molecule has 2 heterocycles. The standard InChI is InChI=1S/C21H26ClN5O/c1-23-17-6-5-15(22)11-16(17)19(28)27-10-4-8-21(13-27)9-7-14-12-24-20(26(2)3)25-18(14)21/h5-6,11-12,23H,4,7-10,13H2,1-3H3. The van der Waals surface area contributed by atoms with Crippen LogP contribution in [0.25, 0.3) is 0 Å². The maximum absolute atomic E-state index is 13.3. The molecule has 0 bridgehead atoms. The number of carbonyl (C=O) groups excluding carboxylic acids is 1. The highest BCUT2D eigenvalue weighted by Gasteiger charge is 2.45. The van der Waals surface area contributed by atoms with Crippen molar-refractivity contribution in [1.29, 1.82) is 0 Å². The Morgan fingerprint density at radius 3 is 2.89 bits per heavy atom. The molecular weight excluding hydrogens is 374 g/mol. The molecule has 1 atom stereocenters. The van der Waals surface area contributed by atoms with E-state index in [0.717, 1.165) is 49.6 Å². The van der Waals surface area contributed by atoms with E-state index in [2.05, 4.69) is 10.3 Å². The van der Waals surface area contributed by atoms with E-state index in [9.17, 15) is 4.79 Å². The molecule has 1 unspecified atom stereocenters. The fourth-order valence-corrected chi connectivity index (χ4v) is 4.70. The first-order chi connectivity index (χ1) is 13.4. The van der Waals surface area contributed by atoms with E-state index in [4.69, 9.17) is 16.6 Å². The third-order valence-electron chi connectivity index (χ3n) is 5.97. The van der Waals surface area contributed by atoms with Crippen LogP contribution < -0.4 is 10.2 Å². The summed E-state index contributed by atoms with van der Waals surface area (Å²) in [7, 11) is 5.74. The number of likely N-dealkylation sites (tertiary alicyclic amines) is 1. The molecule has 1 aromatic carbocycles. The van der Waals surface area contributed by atoms with Gasteiger partial charge in [-0.1, -0.05) is 11.6 Å². The summed E-state index contributed by atoms with van der Waals surface area (Å²) in [5.74, 6) is 0.761. The van der Waals surface area contributed by atoms with Gasteiger partial charge in [0.25, 0.3) is 5.91 Å². The summed E-state index contributed by atoms with van der Waals surface area (Å²) in [4.78, 5) is 26.6. The predicted molar refractivity (Wildman–Crippen MR) is 112 cm³/mol. The monoisotopic (exact) mass is 399 g/mol. The summed E-state index contributed by atoms with van der Waals surface area (Å²) in [6.45, 7) is 1.45. The fourth-order valence-electron chi connectivity index (χ4n) is 4.53. The molecule has 1 saturated heterocycles. The third kappa shape index (κ3) is 3.20. The topological polar surface area (TPSA) is 61.4 Å². The van der Waals surface area contributed by atoms with E-state index < -0.39 is 0 Å². The highest BCUT2D eigenvalue weighted by atomic mass is 35.5. The second-order valence-corrected chi connectivity index (χ2v) is 8.43. The van der Waals surface area contributed by atoms with E-state index in [0.29, 0.717) is 17.1 Å². The lowest BCUT2D eigenvalue weighted by Crippen LogP contribution is -2.48. The van der Waals surface area contributed by atoms with Gasteiger partial charge in [0.05, 0.1) is 11.3 Å². The van der Waals surface area contributed by atoms with Gasteiger partial charge in [-0.05, 0) is 49.4 Å². The van der Waals surface area contributed by atoms with Gasteiger partial charge in [-0.2, -0.15) is 0 Å². The van der Waals surface area contributed by atoms with Crippen molar-refractivity contribution in [2.45, 2.75) is 31.1 Å². The lowest BCUT2D eigenvalue weighted by molar-refractivity contribution is 0.0634. The lowest BCUT2D eigenvalue weighted by atomic mass is 9.77. The molecule has 4 rings (SSSR count). The van der Waals surface area contributed by atoms with E-state index in [1.165, 1.54) is 5.56 Å². The number of carbonyl (C=O) groups is 1. The predicted octanol–water partition coefficient (Wildman–Crippen LogP) is 3.36. The van der Waals surface area contributed by atoms with Crippen LogP contribution in [-0.4, -0.2) is 55.0 Å². The average Bonchev–Trinajstić information content (AvgIpc) is 3.04. The van der Waals surface area contributed by atoms with Crippen molar-refractivity contribution in [1.82, 2.24) is 14.9 Å². The molecule has 2 aromatic rings. The van der Waals surface area contributed by atoms with Crippen molar-refractivity contribution in [3.63, 3.8) is 0 Å². The van der Waals surface area contributed by atoms with Gasteiger partial charge in [-0.3, -0.25) is 4.79 Å². The van der Waals surface area contributed by atoms with Crippen molar-refractivity contribution >= 4 is 29.1 Å². The van der Waals surface area contributed by atoms with Crippen LogP contribution in [0.1, 0.15) is 40.9 Å². The van der Waals surface area contributed by atoms with Crippen LogP contribution in [0.4, 0.5) is 11.6 Å².